The van der Waals surface area contributed by atoms with Crippen LogP contribution in [0, 0.1) is 0 Å². The molecule has 0 fully saturated rings. The Hall–Kier alpha value is -3.61. The van der Waals surface area contributed by atoms with E-state index in [9.17, 15) is 0 Å². The Bertz CT molecular complexity index is 1190. The van der Waals surface area contributed by atoms with Gasteiger partial charge in [-0.05, 0) is 42.2 Å². The monoisotopic (exact) mass is 387 g/mol. The van der Waals surface area contributed by atoms with E-state index in [4.69, 9.17) is 20.3 Å². The Kier molecular flexibility index (Phi) is 4.08. The zero-order chi connectivity index (χ0) is 20.0. The molecule has 5 rings (SSSR count). The number of anilines is 1. The quantitative estimate of drug-likeness (QED) is 0.577. The van der Waals surface area contributed by atoms with Gasteiger partial charge in [-0.25, -0.2) is 14.6 Å². The summed E-state index contributed by atoms with van der Waals surface area (Å²) in [5.74, 6) is 1.72. The predicted octanol–water partition coefficient (Wildman–Crippen LogP) is 3.43. The van der Waals surface area contributed by atoms with Crippen molar-refractivity contribution in [3.63, 3.8) is 0 Å². The second kappa shape index (κ2) is 6.77. The Morgan fingerprint density at radius 2 is 1.69 bits per heavy atom. The van der Waals surface area contributed by atoms with Crippen molar-refractivity contribution in [3.05, 3.63) is 59.9 Å². The molecule has 0 amide bonds. The Morgan fingerprint density at radius 1 is 0.966 bits per heavy atom. The number of nitrogens with two attached hydrogens (primary N) is 1. The van der Waals surface area contributed by atoms with Crippen LogP contribution in [0.5, 0.6) is 11.5 Å². The molecule has 29 heavy (non-hydrogen) atoms. The van der Waals surface area contributed by atoms with E-state index in [1.165, 1.54) is 17.5 Å². The van der Waals surface area contributed by atoms with Crippen LogP contribution in [0.4, 0.5) is 5.82 Å². The van der Waals surface area contributed by atoms with Crippen molar-refractivity contribution in [2.45, 2.75) is 18.9 Å². The molecule has 2 aromatic heterocycles. The summed E-state index contributed by atoms with van der Waals surface area (Å²) in [7, 11) is 3.23. The fourth-order valence-electron chi connectivity index (χ4n) is 4.14. The number of nitrogens with zero attached hydrogens (tertiary/aromatic N) is 4. The molecule has 0 bridgehead atoms. The molecule has 2 N–H and O–H groups in total. The van der Waals surface area contributed by atoms with Crippen molar-refractivity contribution in [1.29, 1.82) is 0 Å². The lowest BCUT2D eigenvalue weighted by Gasteiger charge is -2.11. The third-order valence-electron chi connectivity index (χ3n) is 5.55. The first-order valence-electron chi connectivity index (χ1n) is 9.47. The molecule has 0 saturated heterocycles. The summed E-state index contributed by atoms with van der Waals surface area (Å²) in [4.78, 5) is 8.73. The third-order valence-corrected chi connectivity index (χ3v) is 5.55. The molecule has 2 heterocycles. The van der Waals surface area contributed by atoms with Crippen molar-refractivity contribution in [3.8, 4) is 22.8 Å². The van der Waals surface area contributed by atoms with Gasteiger partial charge >= 0.3 is 0 Å². The summed E-state index contributed by atoms with van der Waals surface area (Å²) in [6.45, 7) is 0. The van der Waals surface area contributed by atoms with Gasteiger partial charge in [-0.15, -0.1) is 0 Å². The highest BCUT2D eigenvalue weighted by Crippen LogP contribution is 2.38. The molecule has 7 heteroatoms. The number of methoxy groups -OCH3 is 2. The maximum atomic E-state index is 6.26. The van der Waals surface area contributed by atoms with Crippen LogP contribution in [0.15, 0.2) is 48.8 Å². The van der Waals surface area contributed by atoms with E-state index in [0.29, 0.717) is 17.3 Å². The zero-order valence-corrected chi connectivity index (χ0v) is 16.3. The minimum atomic E-state index is 0.193. The summed E-state index contributed by atoms with van der Waals surface area (Å²) >= 11 is 0. The molecular formula is C22H21N5O2. The van der Waals surface area contributed by atoms with E-state index in [1.807, 2.05) is 22.9 Å². The van der Waals surface area contributed by atoms with Crippen LogP contribution in [-0.4, -0.2) is 34.0 Å². The summed E-state index contributed by atoms with van der Waals surface area (Å²) < 4.78 is 12.8. The SMILES string of the molecule is COc1ccc(-c2nn(C3Cc4ccccc4C3)c3ncnc(N)c23)cc1OC. The molecule has 4 aromatic rings. The first-order chi connectivity index (χ1) is 14.2. The lowest BCUT2D eigenvalue weighted by molar-refractivity contribution is 0.355. The number of nitrogen functional groups attached to an aromatic ring is 1. The first kappa shape index (κ1) is 17.5. The molecule has 1 aliphatic carbocycles. The van der Waals surface area contributed by atoms with Crippen molar-refractivity contribution >= 4 is 16.9 Å². The van der Waals surface area contributed by atoms with Crippen LogP contribution < -0.4 is 15.2 Å². The van der Waals surface area contributed by atoms with E-state index < -0.39 is 0 Å². The van der Waals surface area contributed by atoms with E-state index in [0.717, 1.165) is 35.1 Å². The summed E-state index contributed by atoms with van der Waals surface area (Å²) in [5.41, 5.74) is 11.3. The number of aromatic nitrogens is 4. The number of hydrogen-bond donors (Lipinski definition) is 1. The van der Waals surface area contributed by atoms with Gasteiger partial charge in [0.1, 0.15) is 17.8 Å². The Balaban J connectivity index is 1.66. The van der Waals surface area contributed by atoms with Crippen molar-refractivity contribution in [2.75, 3.05) is 20.0 Å². The van der Waals surface area contributed by atoms with Gasteiger partial charge in [0.25, 0.3) is 0 Å². The fourth-order valence-corrected chi connectivity index (χ4v) is 4.14. The molecule has 0 atom stereocenters. The largest absolute Gasteiger partial charge is 0.493 e. The Morgan fingerprint density at radius 3 is 2.38 bits per heavy atom. The number of rotatable bonds is 4. The van der Waals surface area contributed by atoms with E-state index >= 15 is 0 Å². The van der Waals surface area contributed by atoms with E-state index in [-0.39, 0.29) is 6.04 Å². The molecule has 1 aliphatic rings. The zero-order valence-electron chi connectivity index (χ0n) is 16.3. The average Bonchev–Trinajstić information content (AvgIpc) is 3.35. The standard InChI is InChI=1S/C22H21N5O2/c1-28-17-8-7-15(11-18(17)29-2)20-19-21(23)24-12-25-22(19)27(26-20)16-9-13-5-3-4-6-14(13)10-16/h3-8,11-12,16H,9-10H2,1-2H3,(H2,23,24,25). The number of hydrogen-bond acceptors (Lipinski definition) is 6. The number of ether oxygens (including phenoxy) is 2. The maximum absolute atomic E-state index is 6.26. The fraction of sp³-hybridized carbons (Fsp3) is 0.227. The highest BCUT2D eigenvalue weighted by molar-refractivity contribution is 5.98. The van der Waals surface area contributed by atoms with Gasteiger partial charge < -0.3 is 15.2 Å². The number of benzene rings is 2. The topological polar surface area (TPSA) is 88.1 Å². The van der Waals surface area contributed by atoms with E-state index in [2.05, 4.69) is 34.2 Å². The van der Waals surface area contributed by atoms with Crippen molar-refractivity contribution in [2.24, 2.45) is 0 Å². The lowest BCUT2D eigenvalue weighted by Crippen LogP contribution is -2.11. The minimum absolute atomic E-state index is 0.193. The van der Waals surface area contributed by atoms with Crippen LogP contribution in [0.2, 0.25) is 0 Å². The molecule has 0 unspecified atom stereocenters. The third kappa shape index (κ3) is 2.77. The summed E-state index contributed by atoms with van der Waals surface area (Å²) in [5, 5.41) is 5.71. The molecule has 0 radical (unpaired) electrons. The predicted molar refractivity (Wildman–Crippen MR) is 111 cm³/mol. The van der Waals surface area contributed by atoms with Crippen molar-refractivity contribution in [1.82, 2.24) is 19.7 Å². The molecule has 0 aliphatic heterocycles. The smallest absolute Gasteiger partial charge is 0.164 e. The van der Waals surface area contributed by atoms with Gasteiger partial charge in [0.15, 0.2) is 17.1 Å². The van der Waals surface area contributed by atoms with Gasteiger partial charge in [-0.2, -0.15) is 5.10 Å². The molecular weight excluding hydrogens is 366 g/mol. The number of fused-ring (bicyclic) bond motifs is 2. The van der Waals surface area contributed by atoms with Crippen LogP contribution in [0.25, 0.3) is 22.3 Å². The minimum Gasteiger partial charge on any atom is -0.493 e. The van der Waals surface area contributed by atoms with Crippen molar-refractivity contribution < 1.29 is 9.47 Å². The van der Waals surface area contributed by atoms with Gasteiger partial charge in [-0.1, -0.05) is 24.3 Å². The van der Waals surface area contributed by atoms with E-state index in [1.54, 1.807) is 14.2 Å². The summed E-state index contributed by atoms with van der Waals surface area (Å²) in [6.07, 6.45) is 3.33. The van der Waals surface area contributed by atoms with Gasteiger partial charge in [0.05, 0.1) is 25.6 Å². The highest BCUT2D eigenvalue weighted by Gasteiger charge is 2.27. The second-order valence-electron chi connectivity index (χ2n) is 7.15. The molecule has 0 saturated carbocycles. The summed E-state index contributed by atoms with van der Waals surface area (Å²) in [6, 6.07) is 14.4. The maximum Gasteiger partial charge on any atom is 0.164 e. The molecule has 0 spiro atoms. The Labute approximate surface area is 168 Å². The van der Waals surface area contributed by atoms with Crippen LogP contribution in [0.3, 0.4) is 0 Å². The molecule has 7 nitrogen and oxygen atoms in total. The highest BCUT2D eigenvalue weighted by atomic mass is 16.5. The van der Waals surface area contributed by atoms with Gasteiger partial charge in [-0.3, -0.25) is 0 Å². The van der Waals surface area contributed by atoms with Crippen LogP contribution in [0.1, 0.15) is 17.2 Å². The molecule has 2 aromatic carbocycles. The lowest BCUT2D eigenvalue weighted by atomic mass is 10.1. The second-order valence-corrected chi connectivity index (χ2v) is 7.15. The average molecular weight is 387 g/mol. The normalized spacial score (nSPS) is 13.6. The first-order valence-corrected chi connectivity index (χ1v) is 9.47. The van der Waals surface area contributed by atoms with Gasteiger partial charge in [0, 0.05) is 5.56 Å². The molecule has 146 valence electrons. The van der Waals surface area contributed by atoms with Crippen LogP contribution >= 0.6 is 0 Å². The van der Waals surface area contributed by atoms with Gasteiger partial charge in [0.2, 0.25) is 0 Å². The van der Waals surface area contributed by atoms with Crippen LogP contribution in [-0.2, 0) is 12.8 Å².